The Kier molecular flexibility index (Phi) is 6.73. The van der Waals surface area contributed by atoms with Crippen LogP contribution in [0.5, 0.6) is 0 Å². The van der Waals surface area contributed by atoms with Crippen molar-refractivity contribution in [3.8, 4) is 5.00 Å². The van der Waals surface area contributed by atoms with Crippen LogP contribution in [-0.2, 0) is 27.2 Å². The summed E-state index contributed by atoms with van der Waals surface area (Å²) >= 11 is 2.30. The summed E-state index contributed by atoms with van der Waals surface area (Å²) in [5, 5.41) is 10.1. The molecule has 0 saturated carbocycles. The standard InChI is InChI=1S/C24H26N2O6S2/c1-5-32-23(30)14(4)26-20(27)18(34-24(26)31)11-15-10-12(2)25(13(15)3)21-19(22(28)29)16-8-6-7-9-17(16)33-21/h10-11,14H,5-9H2,1-4H3,(H,28,29)/b18-11+/t14-/m1/s1. The molecule has 1 fully saturated rings. The van der Waals surface area contributed by atoms with Crippen LogP contribution in [-0.4, -0.2) is 50.3 Å². The minimum absolute atomic E-state index is 0.158. The van der Waals surface area contributed by atoms with E-state index in [4.69, 9.17) is 4.74 Å². The molecule has 0 radical (unpaired) electrons. The lowest BCUT2D eigenvalue weighted by Gasteiger charge is -2.19. The van der Waals surface area contributed by atoms with Gasteiger partial charge in [0, 0.05) is 16.3 Å². The summed E-state index contributed by atoms with van der Waals surface area (Å²) in [6.45, 7) is 7.05. The van der Waals surface area contributed by atoms with Crippen LogP contribution in [0.3, 0.4) is 0 Å². The van der Waals surface area contributed by atoms with Gasteiger partial charge in [0.25, 0.3) is 11.1 Å². The SMILES string of the molecule is CCOC(=O)[C@@H](C)N1C(=O)S/C(=C/c2cc(C)n(-c3sc4c(c3C(=O)O)CCCC4)c2C)C1=O. The highest BCUT2D eigenvalue weighted by Crippen LogP contribution is 2.40. The number of carbonyl (C=O) groups excluding carboxylic acids is 3. The van der Waals surface area contributed by atoms with Crippen molar-refractivity contribution in [3.05, 3.63) is 43.9 Å². The summed E-state index contributed by atoms with van der Waals surface area (Å²) in [4.78, 5) is 51.9. The summed E-state index contributed by atoms with van der Waals surface area (Å²) in [7, 11) is 0. The van der Waals surface area contributed by atoms with Gasteiger partial charge >= 0.3 is 11.9 Å². The van der Waals surface area contributed by atoms with Gasteiger partial charge in [0.1, 0.15) is 11.0 Å². The van der Waals surface area contributed by atoms with Gasteiger partial charge in [0.05, 0.1) is 17.1 Å². The van der Waals surface area contributed by atoms with Gasteiger partial charge in [-0.2, -0.15) is 0 Å². The number of hydrogen-bond donors (Lipinski definition) is 1. The quantitative estimate of drug-likeness (QED) is 0.450. The van der Waals surface area contributed by atoms with E-state index in [-0.39, 0.29) is 11.5 Å². The minimum atomic E-state index is -1.01. The molecule has 2 amide bonds. The van der Waals surface area contributed by atoms with Gasteiger partial charge in [-0.05, 0) is 88.4 Å². The fourth-order valence-electron chi connectivity index (χ4n) is 4.50. The van der Waals surface area contributed by atoms with Crippen LogP contribution in [0.1, 0.15) is 64.4 Å². The van der Waals surface area contributed by atoms with Crippen molar-refractivity contribution in [3.63, 3.8) is 0 Å². The first-order valence-electron chi connectivity index (χ1n) is 11.2. The molecule has 8 nitrogen and oxygen atoms in total. The van der Waals surface area contributed by atoms with Crippen molar-refractivity contribution in [2.24, 2.45) is 0 Å². The Bertz CT molecular complexity index is 1240. The van der Waals surface area contributed by atoms with Crippen molar-refractivity contribution in [1.82, 2.24) is 9.47 Å². The zero-order chi connectivity index (χ0) is 24.7. The molecule has 0 unspecified atom stereocenters. The zero-order valence-corrected chi connectivity index (χ0v) is 21.1. The van der Waals surface area contributed by atoms with Crippen LogP contribution in [0.2, 0.25) is 0 Å². The molecule has 1 N–H and O–H groups in total. The average Bonchev–Trinajstić information content (AvgIpc) is 3.38. The lowest BCUT2D eigenvalue weighted by Crippen LogP contribution is -2.42. The second-order valence-corrected chi connectivity index (χ2v) is 10.4. The topological polar surface area (TPSA) is 106 Å². The Morgan fingerprint density at radius 1 is 1.24 bits per heavy atom. The molecule has 10 heteroatoms. The van der Waals surface area contributed by atoms with E-state index in [1.165, 1.54) is 18.3 Å². The Morgan fingerprint density at radius 3 is 2.62 bits per heavy atom. The number of aryl methyl sites for hydroxylation is 2. The molecule has 2 aliphatic rings. The number of aromatic carboxylic acids is 1. The Morgan fingerprint density at radius 2 is 1.94 bits per heavy atom. The van der Waals surface area contributed by atoms with Gasteiger partial charge in [-0.3, -0.25) is 14.5 Å². The molecule has 1 aliphatic heterocycles. The summed E-state index contributed by atoms with van der Waals surface area (Å²) in [5.74, 6) is -2.11. The van der Waals surface area contributed by atoms with Gasteiger partial charge < -0.3 is 14.4 Å². The molecule has 34 heavy (non-hydrogen) atoms. The summed E-state index contributed by atoms with van der Waals surface area (Å²) in [5.41, 5.74) is 3.63. The van der Waals surface area contributed by atoms with Crippen molar-refractivity contribution < 1.29 is 29.0 Å². The largest absolute Gasteiger partial charge is 0.478 e. The van der Waals surface area contributed by atoms with Crippen LogP contribution in [0.15, 0.2) is 11.0 Å². The number of esters is 1. The van der Waals surface area contributed by atoms with E-state index >= 15 is 0 Å². The molecule has 0 spiro atoms. The Labute approximate surface area is 205 Å². The highest BCUT2D eigenvalue weighted by molar-refractivity contribution is 8.18. The minimum Gasteiger partial charge on any atom is -0.478 e. The summed E-state index contributed by atoms with van der Waals surface area (Å²) < 4.78 is 6.87. The van der Waals surface area contributed by atoms with E-state index in [2.05, 4.69) is 0 Å². The maximum atomic E-state index is 12.9. The van der Waals surface area contributed by atoms with E-state index in [9.17, 15) is 24.3 Å². The number of amides is 2. The maximum Gasteiger partial charge on any atom is 0.339 e. The Balaban J connectivity index is 1.72. The van der Waals surface area contributed by atoms with E-state index in [1.54, 1.807) is 13.0 Å². The number of thiophene rings is 1. The van der Waals surface area contributed by atoms with Crippen LogP contribution in [0, 0.1) is 13.8 Å². The zero-order valence-electron chi connectivity index (χ0n) is 19.5. The van der Waals surface area contributed by atoms with Gasteiger partial charge in [0.15, 0.2) is 0 Å². The second-order valence-electron chi connectivity index (χ2n) is 8.34. The van der Waals surface area contributed by atoms with Gasteiger partial charge in [-0.1, -0.05) is 0 Å². The summed E-state index contributed by atoms with van der Waals surface area (Å²) in [6.07, 6.45) is 5.33. The number of imide groups is 1. The second kappa shape index (κ2) is 9.42. The van der Waals surface area contributed by atoms with Gasteiger partial charge in [-0.15, -0.1) is 11.3 Å². The molecule has 1 atom stereocenters. The predicted octanol–water partition coefficient (Wildman–Crippen LogP) is 4.72. The van der Waals surface area contributed by atoms with E-state index < -0.39 is 29.1 Å². The van der Waals surface area contributed by atoms with Crippen LogP contribution < -0.4 is 0 Å². The number of thioether (sulfide) groups is 1. The molecule has 1 saturated heterocycles. The predicted molar refractivity (Wildman–Crippen MR) is 131 cm³/mol. The van der Waals surface area contributed by atoms with Gasteiger partial charge in [-0.25, -0.2) is 9.59 Å². The molecule has 0 bridgehead atoms. The third kappa shape index (κ3) is 4.09. The molecular formula is C24H26N2O6S2. The molecule has 0 aromatic carbocycles. The number of rotatable bonds is 6. The Hall–Kier alpha value is -2.85. The van der Waals surface area contributed by atoms with Crippen LogP contribution >= 0.6 is 23.1 Å². The van der Waals surface area contributed by atoms with Crippen molar-refractivity contribution >= 4 is 52.3 Å². The molecule has 4 rings (SSSR count). The first-order chi connectivity index (χ1) is 16.1. The van der Waals surface area contributed by atoms with Crippen LogP contribution in [0.4, 0.5) is 4.79 Å². The average molecular weight is 503 g/mol. The number of carbonyl (C=O) groups is 4. The molecule has 2 aromatic heterocycles. The third-order valence-electron chi connectivity index (χ3n) is 6.17. The number of ether oxygens (including phenoxy) is 1. The first kappa shape index (κ1) is 24.3. The lowest BCUT2D eigenvalue weighted by molar-refractivity contribution is -0.150. The van der Waals surface area contributed by atoms with E-state index in [0.29, 0.717) is 10.6 Å². The number of nitrogens with zero attached hydrogens (tertiary/aromatic N) is 2. The van der Waals surface area contributed by atoms with Crippen molar-refractivity contribution in [2.75, 3.05) is 6.61 Å². The number of hydrogen-bond acceptors (Lipinski definition) is 7. The van der Waals surface area contributed by atoms with Crippen molar-refractivity contribution in [1.29, 1.82) is 0 Å². The smallest absolute Gasteiger partial charge is 0.339 e. The number of carboxylic acid groups (broad SMARTS) is 1. The molecule has 2 aromatic rings. The fraction of sp³-hybridized carbons (Fsp3) is 0.417. The fourth-order valence-corrected chi connectivity index (χ4v) is 6.89. The lowest BCUT2D eigenvalue weighted by atomic mass is 9.95. The maximum absolute atomic E-state index is 12.9. The summed E-state index contributed by atoms with van der Waals surface area (Å²) in [6, 6.07) is 0.865. The van der Waals surface area contributed by atoms with Crippen LogP contribution in [0.25, 0.3) is 11.1 Å². The van der Waals surface area contributed by atoms with Crippen molar-refractivity contribution in [2.45, 2.75) is 59.4 Å². The molecule has 180 valence electrons. The number of fused-ring (bicyclic) bond motifs is 1. The first-order valence-corrected chi connectivity index (χ1v) is 12.8. The molecule has 1 aliphatic carbocycles. The third-order valence-corrected chi connectivity index (χ3v) is 8.33. The van der Waals surface area contributed by atoms with E-state index in [0.717, 1.165) is 69.7 Å². The van der Waals surface area contributed by atoms with Gasteiger partial charge in [0.2, 0.25) is 0 Å². The highest BCUT2D eigenvalue weighted by Gasteiger charge is 2.41. The molecular weight excluding hydrogens is 476 g/mol. The monoisotopic (exact) mass is 502 g/mol. The number of aromatic nitrogens is 1. The van der Waals surface area contributed by atoms with E-state index in [1.807, 2.05) is 24.5 Å². The molecule has 3 heterocycles. The highest BCUT2D eigenvalue weighted by atomic mass is 32.2. The normalized spacial score (nSPS) is 17.9. The number of carboxylic acids is 1.